The molecule has 136 valence electrons. The van der Waals surface area contributed by atoms with Crippen LogP contribution in [0.25, 0.3) is 0 Å². The first-order valence-electron chi connectivity index (χ1n) is 10.4. The van der Waals surface area contributed by atoms with Crippen LogP contribution in [0.15, 0.2) is 0 Å². The minimum atomic E-state index is -0.0814. The van der Waals surface area contributed by atoms with Crippen molar-refractivity contribution in [3.05, 3.63) is 0 Å². The maximum Gasteiger partial charge on any atom is 0.133 e. The van der Waals surface area contributed by atoms with E-state index in [1.54, 1.807) is 0 Å². The van der Waals surface area contributed by atoms with Crippen LogP contribution in [0.3, 0.4) is 0 Å². The fourth-order valence-electron chi connectivity index (χ4n) is 8.28. The molecular weight excluding hydrogens is 296 g/mol. The quantitative estimate of drug-likeness (QED) is 0.735. The standard InChI is InChI=1S/C22H36O2/c1-14(23)17-5-6-18-16-8-10-20(2)13-15(24)7-12-22(20,4)19(16)9-11-21(17,18)3/h15-19,24H,5-13H2,1-4H3/t15-,16?,17+,18?,19?,20+,21+,22+/m0/s1. The van der Waals surface area contributed by atoms with E-state index in [0.29, 0.717) is 22.5 Å². The third-order valence-corrected chi connectivity index (χ3v) is 9.84. The molecule has 0 aromatic rings. The van der Waals surface area contributed by atoms with Gasteiger partial charge in [0.2, 0.25) is 0 Å². The molecule has 4 aliphatic rings. The molecule has 1 N–H and O–H groups in total. The first-order valence-corrected chi connectivity index (χ1v) is 10.4. The number of carbonyl (C=O) groups is 1. The molecule has 24 heavy (non-hydrogen) atoms. The lowest BCUT2D eigenvalue weighted by Crippen LogP contribution is -2.58. The molecule has 0 amide bonds. The van der Waals surface area contributed by atoms with Gasteiger partial charge in [-0.15, -0.1) is 0 Å². The van der Waals surface area contributed by atoms with Gasteiger partial charge in [-0.05, 0) is 98.7 Å². The number of ketones is 1. The number of carbonyl (C=O) groups excluding carboxylic acids is 1. The summed E-state index contributed by atoms with van der Waals surface area (Å²) in [4.78, 5) is 12.2. The van der Waals surface area contributed by atoms with Crippen LogP contribution in [0.4, 0.5) is 0 Å². The smallest absolute Gasteiger partial charge is 0.133 e. The zero-order valence-corrected chi connectivity index (χ0v) is 16.1. The third kappa shape index (κ3) is 2.07. The van der Waals surface area contributed by atoms with Gasteiger partial charge in [0.05, 0.1) is 6.10 Å². The summed E-state index contributed by atoms with van der Waals surface area (Å²) in [5.41, 5.74) is 0.980. The summed E-state index contributed by atoms with van der Waals surface area (Å²) in [5, 5.41) is 10.3. The predicted molar refractivity (Wildman–Crippen MR) is 96.5 cm³/mol. The SMILES string of the molecule is CC(=O)[C@H]1CCC2C3CC[C@]4(C)C[C@@H](O)CC[C@]4(C)C3CC[C@@]21C. The van der Waals surface area contributed by atoms with Gasteiger partial charge in [0.1, 0.15) is 5.78 Å². The van der Waals surface area contributed by atoms with Crippen LogP contribution in [0.5, 0.6) is 0 Å². The minimum Gasteiger partial charge on any atom is -0.393 e. The van der Waals surface area contributed by atoms with Crippen molar-refractivity contribution in [2.75, 3.05) is 0 Å². The average molecular weight is 333 g/mol. The zero-order valence-electron chi connectivity index (χ0n) is 16.1. The predicted octanol–water partition coefficient (Wildman–Crippen LogP) is 4.99. The fraction of sp³-hybridized carbons (Fsp3) is 0.955. The molecule has 0 saturated heterocycles. The maximum atomic E-state index is 12.2. The molecule has 2 nitrogen and oxygen atoms in total. The molecule has 4 saturated carbocycles. The number of hydrogen-bond donors (Lipinski definition) is 1. The van der Waals surface area contributed by atoms with Crippen molar-refractivity contribution in [3.63, 3.8) is 0 Å². The van der Waals surface area contributed by atoms with Crippen LogP contribution in [-0.4, -0.2) is 17.0 Å². The van der Waals surface area contributed by atoms with E-state index in [4.69, 9.17) is 0 Å². The van der Waals surface area contributed by atoms with Crippen LogP contribution in [0.1, 0.15) is 85.5 Å². The minimum absolute atomic E-state index is 0.0814. The fourth-order valence-corrected chi connectivity index (χ4v) is 8.28. The highest BCUT2D eigenvalue weighted by molar-refractivity contribution is 5.79. The van der Waals surface area contributed by atoms with E-state index in [2.05, 4.69) is 20.8 Å². The van der Waals surface area contributed by atoms with E-state index < -0.39 is 0 Å². The largest absolute Gasteiger partial charge is 0.393 e. The summed E-state index contributed by atoms with van der Waals surface area (Å²) in [7, 11) is 0. The van der Waals surface area contributed by atoms with E-state index in [9.17, 15) is 9.90 Å². The highest BCUT2D eigenvalue weighted by Gasteiger charge is 2.63. The Morgan fingerprint density at radius 3 is 2.38 bits per heavy atom. The maximum absolute atomic E-state index is 12.2. The summed E-state index contributed by atoms with van der Waals surface area (Å²) in [5.74, 6) is 3.15. The Hall–Kier alpha value is -0.370. The lowest BCUT2D eigenvalue weighted by atomic mass is 9.40. The topological polar surface area (TPSA) is 37.3 Å². The van der Waals surface area contributed by atoms with Gasteiger partial charge in [0.25, 0.3) is 0 Å². The number of fused-ring (bicyclic) bond motifs is 5. The molecule has 4 aliphatic carbocycles. The molecular formula is C22H36O2. The molecule has 8 atom stereocenters. The molecule has 0 aliphatic heterocycles. The van der Waals surface area contributed by atoms with Gasteiger partial charge in [0, 0.05) is 5.92 Å². The Morgan fingerprint density at radius 2 is 1.67 bits per heavy atom. The van der Waals surface area contributed by atoms with Gasteiger partial charge in [-0.25, -0.2) is 0 Å². The van der Waals surface area contributed by atoms with Crippen LogP contribution in [0, 0.1) is 39.9 Å². The molecule has 3 unspecified atom stereocenters. The normalized spacial score (nSPS) is 57.0. The summed E-state index contributed by atoms with van der Waals surface area (Å²) in [6.45, 7) is 9.28. The van der Waals surface area contributed by atoms with Gasteiger partial charge in [-0.2, -0.15) is 0 Å². The summed E-state index contributed by atoms with van der Waals surface area (Å²) in [6, 6.07) is 0. The highest BCUT2D eigenvalue weighted by atomic mass is 16.3. The third-order valence-electron chi connectivity index (χ3n) is 9.84. The number of Topliss-reactive ketones (excluding diaryl/α,β-unsaturated/α-hetero) is 1. The van der Waals surface area contributed by atoms with E-state index in [-0.39, 0.29) is 11.5 Å². The second kappa shape index (κ2) is 5.32. The highest BCUT2D eigenvalue weighted by Crippen LogP contribution is 2.70. The monoisotopic (exact) mass is 332 g/mol. The van der Waals surface area contributed by atoms with Crippen molar-refractivity contribution in [1.82, 2.24) is 0 Å². The van der Waals surface area contributed by atoms with Crippen LogP contribution in [-0.2, 0) is 4.79 Å². The Balaban J connectivity index is 1.65. The van der Waals surface area contributed by atoms with Crippen molar-refractivity contribution in [2.24, 2.45) is 39.9 Å². The summed E-state index contributed by atoms with van der Waals surface area (Å²) < 4.78 is 0. The van der Waals surface area contributed by atoms with Gasteiger partial charge in [0.15, 0.2) is 0 Å². The van der Waals surface area contributed by atoms with Crippen LogP contribution < -0.4 is 0 Å². The van der Waals surface area contributed by atoms with Crippen molar-refractivity contribution < 1.29 is 9.90 Å². The molecule has 0 aromatic carbocycles. The van der Waals surface area contributed by atoms with E-state index >= 15 is 0 Å². The van der Waals surface area contributed by atoms with E-state index in [1.807, 2.05) is 6.92 Å². The van der Waals surface area contributed by atoms with Crippen molar-refractivity contribution >= 4 is 5.78 Å². The van der Waals surface area contributed by atoms with E-state index in [0.717, 1.165) is 37.0 Å². The Bertz CT molecular complexity index is 542. The lowest BCUT2D eigenvalue weighted by molar-refractivity contribution is -0.171. The molecule has 4 fully saturated rings. The van der Waals surface area contributed by atoms with Gasteiger partial charge in [-0.1, -0.05) is 20.8 Å². The number of aliphatic hydroxyl groups is 1. The average Bonchev–Trinajstić information content (AvgIpc) is 2.86. The Morgan fingerprint density at radius 1 is 0.917 bits per heavy atom. The molecule has 0 bridgehead atoms. The van der Waals surface area contributed by atoms with Gasteiger partial charge in [-0.3, -0.25) is 4.79 Å². The summed E-state index contributed by atoms with van der Waals surface area (Å²) in [6.07, 6.45) is 10.7. The first kappa shape index (κ1) is 17.1. The first-order chi connectivity index (χ1) is 11.2. The number of aliphatic hydroxyl groups excluding tert-OH is 1. The molecule has 0 radical (unpaired) electrons. The van der Waals surface area contributed by atoms with Crippen molar-refractivity contribution in [1.29, 1.82) is 0 Å². The van der Waals surface area contributed by atoms with Crippen molar-refractivity contribution in [2.45, 2.75) is 91.6 Å². The lowest BCUT2D eigenvalue weighted by Gasteiger charge is -2.65. The van der Waals surface area contributed by atoms with Crippen molar-refractivity contribution in [3.8, 4) is 0 Å². The Labute approximate surface area is 147 Å². The molecule has 4 rings (SSSR count). The van der Waals surface area contributed by atoms with Gasteiger partial charge < -0.3 is 5.11 Å². The second-order valence-corrected chi connectivity index (χ2v) is 10.6. The van der Waals surface area contributed by atoms with Crippen LogP contribution in [0.2, 0.25) is 0 Å². The molecule has 0 spiro atoms. The molecule has 2 heteroatoms. The van der Waals surface area contributed by atoms with E-state index in [1.165, 1.54) is 38.5 Å². The Kier molecular flexibility index (Phi) is 3.78. The van der Waals surface area contributed by atoms with Gasteiger partial charge >= 0.3 is 0 Å². The second-order valence-electron chi connectivity index (χ2n) is 10.6. The summed E-state index contributed by atoms with van der Waals surface area (Å²) >= 11 is 0. The molecule has 0 heterocycles. The number of rotatable bonds is 1. The number of hydrogen-bond acceptors (Lipinski definition) is 2. The zero-order chi connectivity index (χ0) is 17.3. The van der Waals surface area contributed by atoms with Crippen LogP contribution >= 0.6 is 0 Å². The molecule has 0 aromatic heterocycles.